The summed E-state index contributed by atoms with van der Waals surface area (Å²) < 4.78 is 43.8. The summed E-state index contributed by atoms with van der Waals surface area (Å²) in [4.78, 5) is 4.21. The lowest BCUT2D eigenvalue weighted by Crippen LogP contribution is -2.28. The third-order valence-electron chi connectivity index (χ3n) is 3.50. The van der Waals surface area contributed by atoms with Gasteiger partial charge in [-0.3, -0.25) is 0 Å². The molecule has 0 saturated heterocycles. The Morgan fingerprint density at radius 1 is 1.11 bits per heavy atom. The molecule has 0 spiro atoms. The zero-order valence-electron chi connectivity index (χ0n) is 13.8. The maximum Gasteiger partial charge on any atom is 0.417 e. The Morgan fingerprint density at radius 3 is 2.50 bits per heavy atom. The molecular formula is C17H11Cl2F3N4OS. The predicted molar refractivity (Wildman–Crippen MR) is 104 cm³/mol. The van der Waals surface area contributed by atoms with E-state index in [1.54, 1.807) is 24.3 Å². The predicted octanol–water partition coefficient (Wildman–Crippen LogP) is 5.55. The number of aromatic nitrogens is 2. The van der Waals surface area contributed by atoms with Crippen molar-refractivity contribution < 1.29 is 17.7 Å². The summed E-state index contributed by atoms with van der Waals surface area (Å²) in [6.07, 6.45) is -4.56. The van der Waals surface area contributed by atoms with Crippen molar-refractivity contribution in [1.29, 1.82) is 0 Å². The van der Waals surface area contributed by atoms with Crippen LogP contribution in [0.4, 0.5) is 18.9 Å². The number of nitrogens with one attached hydrogen (secondary N) is 2. The van der Waals surface area contributed by atoms with E-state index >= 15 is 0 Å². The Labute approximate surface area is 172 Å². The second kappa shape index (κ2) is 8.34. The van der Waals surface area contributed by atoms with Crippen molar-refractivity contribution in [3.05, 3.63) is 64.0 Å². The number of anilines is 1. The highest BCUT2D eigenvalue weighted by Gasteiger charge is 2.33. The van der Waals surface area contributed by atoms with Gasteiger partial charge in [-0.15, -0.1) is 0 Å². The lowest BCUT2D eigenvalue weighted by atomic mass is 10.2. The maximum atomic E-state index is 12.9. The van der Waals surface area contributed by atoms with Crippen LogP contribution in [0.1, 0.15) is 11.5 Å². The quantitative estimate of drug-likeness (QED) is 0.512. The van der Waals surface area contributed by atoms with Gasteiger partial charge in [-0.2, -0.15) is 18.2 Å². The highest BCUT2D eigenvalue weighted by molar-refractivity contribution is 7.80. The number of alkyl halides is 3. The van der Waals surface area contributed by atoms with Crippen LogP contribution in [0, 0.1) is 0 Å². The molecule has 2 aromatic carbocycles. The van der Waals surface area contributed by atoms with E-state index in [4.69, 9.17) is 39.9 Å². The Bertz CT molecular complexity index is 993. The third-order valence-corrected chi connectivity index (χ3v) is 4.33. The zero-order chi connectivity index (χ0) is 20.3. The first-order chi connectivity index (χ1) is 13.2. The van der Waals surface area contributed by atoms with Crippen molar-refractivity contribution in [2.24, 2.45) is 0 Å². The van der Waals surface area contributed by atoms with E-state index in [-0.39, 0.29) is 23.2 Å². The van der Waals surface area contributed by atoms with Gasteiger partial charge >= 0.3 is 6.18 Å². The molecule has 0 bridgehead atoms. The molecule has 3 aromatic rings. The standard InChI is InChI=1S/C17H11Cl2F3N4OS/c18-10-3-1-9(2-4-10)15-25-14(27-26-15)8-23-16(28)24-11-5-6-13(19)12(7-11)17(20,21)22/h1-7H,8H2,(H2,23,24,28). The molecule has 0 atom stereocenters. The van der Waals surface area contributed by atoms with Crippen molar-refractivity contribution >= 4 is 46.2 Å². The van der Waals surface area contributed by atoms with Crippen LogP contribution >= 0.6 is 35.4 Å². The lowest BCUT2D eigenvalue weighted by Gasteiger charge is -2.13. The highest BCUT2D eigenvalue weighted by atomic mass is 35.5. The van der Waals surface area contributed by atoms with Gasteiger partial charge < -0.3 is 15.2 Å². The normalized spacial score (nSPS) is 11.3. The molecule has 146 valence electrons. The van der Waals surface area contributed by atoms with Crippen LogP contribution in [-0.2, 0) is 12.7 Å². The minimum Gasteiger partial charge on any atom is -0.353 e. The first kappa shape index (κ1) is 20.4. The summed E-state index contributed by atoms with van der Waals surface area (Å²) in [6, 6.07) is 10.3. The van der Waals surface area contributed by atoms with Crippen LogP contribution < -0.4 is 10.6 Å². The molecule has 0 aliphatic carbocycles. The Balaban J connectivity index is 1.60. The van der Waals surface area contributed by atoms with Gasteiger partial charge in [0.15, 0.2) is 5.11 Å². The average Bonchev–Trinajstić information content (AvgIpc) is 3.10. The van der Waals surface area contributed by atoms with Crippen LogP contribution in [-0.4, -0.2) is 15.3 Å². The largest absolute Gasteiger partial charge is 0.417 e. The number of hydrogen-bond donors (Lipinski definition) is 2. The second-order valence-corrected chi connectivity index (χ2v) is 6.77. The number of benzene rings is 2. The van der Waals surface area contributed by atoms with Crippen molar-refractivity contribution in [1.82, 2.24) is 15.5 Å². The highest BCUT2D eigenvalue weighted by Crippen LogP contribution is 2.36. The number of thiocarbonyl (C=S) groups is 1. The number of rotatable bonds is 4. The third kappa shape index (κ3) is 5.12. The average molecular weight is 447 g/mol. The first-order valence-corrected chi connectivity index (χ1v) is 8.89. The first-order valence-electron chi connectivity index (χ1n) is 7.72. The smallest absolute Gasteiger partial charge is 0.353 e. The van der Waals surface area contributed by atoms with Gasteiger partial charge in [-0.25, -0.2) is 0 Å². The fraction of sp³-hybridized carbons (Fsp3) is 0.118. The van der Waals surface area contributed by atoms with Gasteiger partial charge in [0.05, 0.1) is 17.1 Å². The van der Waals surface area contributed by atoms with Gasteiger partial charge in [0.1, 0.15) is 0 Å². The molecule has 5 nitrogen and oxygen atoms in total. The van der Waals surface area contributed by atoms with Gasteiger partial charge in [-0.1, -0.05) is 28.4 Å². The van der Waals surface area contributed by atoms with Crippen LogP contribution in [0.2, 0.25) is 10.0 Å². The molecule has 0 amide bonds. The molecule has 2 N–H and O–H groups in total. The van der Waals surface area contributed by atoms with Crippen molar-refractivity contribution in [2.45, 2.75) is 12.7 Å². The fourth-order valence-electron chi connectivity index (χ4n) is 2.19. The molecular weight excluding hydrogens is 436 g/mol. The second-order valence-electron chi connectivity index (χ2n) is 5.52. The van der Waals surface area contributed by atoms with Crippen molar-refractivity contribution in [3.8, 4) is 11.4 Å². The molecule has 0 saturated carbocycles. The summed E-state index contributed by atoms with van der Waals surface area (Å²) in [5, 5.41) is 9.57. The van der Waals surface area contributed by atoms with E-state index in [9.17, 15) is 13.2 Å². The molecule has 0 aliphatic rings. The van der Waals surface area contributed by atoms with Crippen molar-refractivity contribution in [2.75, 3.05) is 5.32 Å². The number of nitrogens with zero attached hydrogens (tertiary/aromatic N) is 2. The van der Waals surface area contributed by atoms with Gasteiger partial charge in [0, 0.05) is 16.3 Å². The molecule has 0 aliphatic heterocycles. The van der Waals surface area contributed by atoms with E-state index < -0.39 is 16.8 Å². The molecule has 0 radical (unpaired) electrons. The topological polar surface area (TPSA) is 63.0 Å². The SMILES string of the molecule is FC(F)(F)c1cc(NC(=S)NCc2nc(-c3ccc(Cl)cc3)no2)ccc1Cl. The number of halogens is 5. The molecule has 28 heavy (non-hydrogen) atoms. The Morgan fingerprint density at radius 2 is 1.82 bits per heavy atom. The van der Waals surface area contributed by atoms with E-state index in [0.29, 0.717) is 10.8 Å². The summed E-state index contributed by atoms with van der Waals surface area (Å²) >= 11 is 16.5. The minimum absolute atomic E-state index is 0.0849. The Kier molecular flexibility index (Phi) is 6.07. The molecule has 11 heteroatoms. The van der Waals surface area contributed by atoms with E-state index in [2.05, 4.69) is 20.8 Å². The maximum absolute atomic E-state index is 12.9. The van der Waals surface area contributed by atoms with Gasteiger partial charge in [0.2, 0.25) is 11.7 Å². The van der Waals surface area contributed by atoms with E-state index in [1.807, 2.05) is 0 Å². The molecule has 0 unspecified atom stereocenters. The summed E-state index contributed by atoms with van der Waals surface area (Å²) in [5.74, 6) is 0.626. The van der Waals surface area contributed by atoms with Crippen LogP contribution in [0.15, 0.2) is 47.0 Å². The van der Waals surface area contributed by atoms with Crippen LogP contribution in [0.5, 0.6) is 0 Å². The van der Waals surface area contributed by atoms with Crippen LogP contribution in [0.25, 0.3) is 11.4 Å². The fourth-order valence-corrected chi connectivity index (χ4v) is 2.74. The Hall–Kier alpha value is -2.36. The van der Waals surface area contributed by atoms with E-state index in [0.717, 1.165) is 17.7 Å². The summed E-state index contributed by atoms with van der Waals surface area (Å²) in [6.45, 7) is 0.0894. The lowest BCUT2D eigenvalue weighted by molar-refractivity contribution is -0.137. The molecule has 1 heterocycles. The summed E-state index contributed by atoms with van der Waals surface area (Å²) in [5.41, 5.74) is -0.0889. The minimum atomic E-state index is -4.56. The van der Waals surface area contributed by atoms with Gasteiger partial charge in [0.25, 0.3) is 0 Å². The summed E-state index contributed by atoms with van der Waals surface area (Å²) in [7, 11) is 0. The molecule has 1 aromatic heterocycles. The molecule has 0 fully saturated rings. The van der Waals surface area contributed by atoms with Crippen molar-refractivity contribution in [3.63, 3.8) is 0 Å². The van der Waals surface area contributed by atoms with Crippen LogP contribution in [0.3, 0.4) is 0 Å². The monoisotopic (exact) mass is 446 g/mol. The molecule has 3 rings (SSSR count). The van der Waals surface area contributed by atoms with E-state index in [1.165, 1.54) is 6.07 Å². The zero-order valence-corrected chi connectivity index (χ0v) is 16.2. The van der Waals surface area contributed by atoms with Gasteiger partial charge in [-0.05, 0) is 54.7 Å². The number of hydrogen-bond acceptors (Lipinski definition) is 4.